The molecule has 0 radical (unpaired) electrons. The third kappa shape index (κ3) is 3.92. The average Bonchev–Trinajstić information content (AvgIpc) is 2.73. The van der Waals surface area contributed by atoms with E-state index in [2.05, 4.69) is 40.3 Å². The van der Waals surface area contributed by atoms with Gasteiger partial charge in [-0.15, -0.1) is 0 Å². The first-order chi connectivity index (χ1) is 10.2. The van der Waals surface area contributed by atoms with Gasteiger partial charge in [-0.1, -0.05) is 13.3 Å². The van der Waals surface area contributed by atoms with E-state index < -0.39 is 0 Å². The molecule has 3 rings (SSSR count). The molecule has 0 amide bonds. The number of benzene rings is 1. The van der Waals surface area contributed by atoms with Crippen LogP contribution in [-0.2, 0) is 6.54 Å². The fraction of sp³-hybridized carbons (Fsp3) is 0.647. The van der Waals surface area contributed by atoms with Gasteiger partial charge in [0.05, 0.1) is 17.7 Å². The van der Waals surface area contributed by atoms with E-state index >= 15 is 0 Å². The number of hydrogen-bond acceptors (Lipinski definition) is 3. The molecule has 0 bridgehead atoms. The lowest BCUT2D eigenvalue weighted by Crippen LogP contribution is -2.21. The molecule has 0 aromatic heterocycles. The van der Waals surface area contributed by atoms with Gasteiger partial charge in [-0.3, -0.25) is 0 Å². The van der Waals surface area contributed by atoms with Gasteiger partial charge in [0.1, 0.15) is 0 Å². The summed E-state index contributed by atoms with van der Waals surface area (Å²) in [5.74, 6) is 3.47. The highest BCUT2D eigenvalue weighted by molar-refractivity contribution is 9.10. The van der Waals surface area contributed by atoms with Crippen molar-refractivity contribution in [1.29, 1.82) is 0 Å². The molecule has 0 spiro atoms. The molecular formula is C17H24BrNO2. The van der Waals surface area contributed by atoms with E-state index in [0.717, 1.165) is 60.5 Å². The summed E-state index contributed by atoms with van der Waals surface area (Å²) < 4.78 is 12.5. The average molecular weight is 354 g/mol. The third-order valence-corrected chi connectivity index (χ3v) is 5.02. The Balaban J connectivity index is 1.58. The Bertz CT molecular complexity index is 492. The second-order valence-corrected chi connectivity index (χ2v) is 7.22. The fourth-order valence-electron chi connectivity index (χ4n) is 3.32. The molecule has 2 atom stereocenters. The highest BCUT2D eigenvalue weighted by Gasteiger charge is 2.21. The largest absolute Gasteiger partial charge is 0.490 e. The molecule has 1 N–H and O–H groups in total. The lowest BCUT2D eigenvalue weighted by molar-refractivity contribution is 0.296. The molecule has 4 heteroatoms. The van der Waals surface area contributed by atoms with Crippen LogP contribution in [0.3, 0.4) is 0 Å². The van der Waals surface area contributed by atoms with Gasteiger partial charge in [0.2, 0.25) is 0 Å². The predicted molar refractivity (Wildman–Crippen MR) is 88.0 cm³/mol. The number of halogens is 1. The van der Waals surface area contributed by atoms with Crippen LogP contribution in [-0.4, -0.2) is 19.8 Å². The Hall–Kier alpha value is -0.740. The van der Waals surface area contributed by atoms with Gasteiger partial charge in [-0.2, -0.15) is 0 Å². The van der Waals surface area contributed by atoms with E-state index in [1.54, 1.807) is 0 Å². The monoisotopic (exact) mass is 353 g/mol. The van der Waals surface area contributed by atoms with Crippen molar-refractivity contribution in [2.45, 2.75) is 39.2 Å². The van der Waals surface area contributed by atoms with Crippen molar-refractivity contribution in [3.8, 4) is 11.5 Å². The summed E-state index contributed by atoms with van der Waals surface area (Å²) >= 11 is 3.60. The second-order valence-electron chi connectivity index (χ2n) is 6.37. The topological polar surface area (TPSA) is 30.5 Å². The fourth-order valence-corrected chi connectivity index (χ4v) is 3.92. The molecule has 21 heavy (non-hydrogen) atoms. The van der Waals surface area contributed by atoms with Crippen molar-refractivity contribution in [2.24, 2.45) is 11.8 Å². The summed E-state index contributed by atoms with van der Waals surface area (Å²) in [6.45, 7) is 5.83. The highest BCUT2D eigenvalue weighted by atomic mass is 79.9. The van der Waals surface area contributed by atoms with Crippen LogP contribution in [0.25, 0.3) is 0 Å². The molecule has 116 valence electrons. The summed E-state index contributed by atoms with van der Waals surface area (Å²) in [6.07, 6.45) is 5.08. The Kier molecular flexibility index (Phi) is 5.07. The van der Waals surface area contributed by atoms with Crippen LogP contribution >= 0.6 is 15.9 Å². The number of rotatable bonds is 4. The van der Waals surface area contributed by atoms with E-state index in [-0.39, 0.29) is 0 Å². The third-order valence-electron chi connectivity index (χ3n) is 4.43. The van der Waals surface area contributed by atoms with Crippen LogP contribution in [0.4, 0.5) is 0 Å². The smallest absolute Gasteiger partial charge is 0.175 e. The molecule has 0 saturated heterocycles. The van der Waals surface area contributed by atoms with Crippen molar-refractivity contribution in [2.75, 3.05) is 19.8 Å². The summed E-state index contributed by atoms with van der Waals surface area (Å²) in [6, 6.07) is 4.24. The van der Waals surface area contributed by atoms with E-state index in [9.17, 15) is 0 Å². The minimum absolute atomic E-state index is 0.725. The minimum atomic E-state index is 0.725. The van der Waals surface area contributed by atoms with Crippen LogP contribution < -0.4 is 14.8 Å². The number of nitrogens with one attached hydrogen (secondary N) is 1. The first-order valence-electron chi connectivity index (χ1n) is 8.01. The van der Waals surface area contributed by atoms with Crippen molar-refractivity contribution in [3.63, 3.8) is 0 Å². The predicted octanol–water partition coefficient (Wildman–Crippen LogP) is 4.14. The van der Waals surface area contributed by atoms with E-state index in [0.29, 0.717) is 0 Å². The van der Waals surface area contributed by atoms with Crippen molar-refractivity contribution >= 4 is 15.9 Å². The molecule has 1 aliphatic heterocycles. The molecule has 2 aliphatic rings. The van der Waals surface area contributed by atoms with Gasteiger partial charge in [0, 0.05) is 13.0 Å². The summed E-state index contributed by atoms with van der Waals surface area (Å²) in [5, 5.41) is 3.60. The second kappa shape index (κ2) is 7.01. The van der Waals surface area contributed by atoms with Crippen LogP contribution in [0.15, 0.2) is 16.6 Å². The van der Waals surface area contributed by atoms with Gasteiger partial charge >= 0.3 is 0 Å². The van der Waals surface area contributed by atoms with Crippen LogP contribution in [0, 0.1) is 11.8 Å². The zero-order valence-corrected chi connectivity index (χ0v) is 14.2. The van der Waals surface area contributed by atoms with Gasteiger partial charge in [-0.05, 0) is 64.8 Å². The maximum Gasteiger partial charge on any atom is 0.175 e. The number of ether oxygens (including phenoxy) is 2. The first-order valence-corrected chi connectivity index (χ1v) is 8.80. The van der Waals surface area contributed by atoms with E-state index in [1.165, 1.54) is 24.8 Å². The van der Waals surface area contributed by atoms with Crippen LogP contribution in [0.1, 0.15) is 38.2 Å². The normalized spacial score (nSPS) is 24.9. The van der Waals surface area contributed by atoms with Gasteiger partial charge < -0.3 is 14.8 Å². The molecule has 1 aromatic carbocycles. The standard InChI is InChI=1S/C17H24BrNO2/c1-12-3-4-13(7-12)10-19-11-14-8-15(18)17-16(9-14)20-5-2-6-21-17/h8-9,12-13,19H,2-7,10-11H2,1H3. The lowest BCUT2D eigenvalue weighted by Gasteiger charge is -2.14. The van der Waals surface area contributed by atoms with E-state index in [1.807, 2.05) is 0 Å². The Morgan fingerprint density at radius 1 is 1.24 bits per heavy atom. The maximum absolute atomic E-state index is 5.78. The van der Waals surface area contributed by atoms with Crippen molar-refractivity contribution in [1.82, 2.24) is 5.32 Å². The summed E-state index contributed by atoms with van der Waals surface area (Å²) in [4.78, 5) is 0. The van der Waals surface area contributed by atoms with E-state index in [4.69, 9.17) is 9.47 Å². The van der Waals surface area contributed by atoms with Gasteiger partial charge in [-0.25, -0.2) is 0 Å². The van der Waals surface area contributed by atoms with Gasteiger partial charge in [0.25, 0.3) is 0 Å². The molecule has 2 unspecified atom stereocenters. The van der Waals surface area contributed by atoms with Gasteiger partial charge in [0.15, 0.2) is 11.5 Å². The SMILES string of the molecule is CC1CCC(CNCc2cc(Br)c3c(c2)OCCCO3)C1. The molecule has 1 saturated carbocycles. The first kappa shape index (κ1) is 15.2. The lowest BCUT2D eigenvalue weighted by atomic mass is 10.1. The highest BCUT2D eigenvalue weighted by Crippen LogP contribution is 2.38. The summed E-state index contributed by atoms with van der Waals surface area (Å²) in [7, 11) is 0. The maximum atomic E-state index is 5.78. The number of fused-ring (bicyclic) bond motifs is 1. The van der Waals surface area contributed by atoms with Crippen molar-refractivity contribution in [3.05, 3.63) is 22.2 Å². The minimum Gasteiger partial charge on any atom is -0.490 e. The number of hydrogen-bond donors (Lipinski definition) is 1. The Labute approximate surface area is 135 Å². The molecule has 1 heterocycles. The molecule has 3 nitrogen and oxygen atoms in total. The zero-order chi connectivity index (χ0) is 14.7. The Morgan fingerprint density at radius 2 is 2.10 bits per heavy atom. The van der Waals surface area contributed by atoms with Crippen LogP contribution in [0.5, 0.6) is 11.5 Å². The van der Waals surface area contributed by atoms with Crippen LogP contribution in [0.2, 0.25) is 0 Å². The molecule has 1 aliphatic carbocycles. The van der Waals surface area contributed by atoms with Crippen molar-refractivity contribution < 1.29 is 9.47 Å². The summed E-state index contributed by atoms with van der Waals surface area (Å²) in [5.41, 5.74) is 1.25. The quantitative estimate of drug-likeness (QED) is 0.882. The Morgan fingerprint density at radius 3 is 2.90 bits per heavy atom. The zero-order valence-electron chi connectivity index (χ0n) is 12.7. The molecular weight excluding hydrogens is 330 g/mol. The molecule has 1 aromatic rings. The molecule has 1 fully saturated rings.